The van der Waals surface area contributed by atoms with Crippen LogP contribution in [0.3, 0.4) is 0 Å². The Morgan fingerprint density at radius 2 is 1.95 bits per heavy atom. The number of rotatable bonds is 6. The summed E-state index contributed by atoms with van der Waals surface area (Å²) < 4.78 is 40.2. The van der Waals surface area contributed by atoms with Crippen LogP contribution in [0.2, 0.25) is 0 Å². The fraction of sp³-hybridized carbons (Fsp3) is 0.538. The molecular formula is C13H20FNO3S. The number of aliphatic hydroxyl groups is 1. The highest BCUT2D eigenvalue weighted by atomic mass is 32.2. The van der Waals surface area contributed by atoms with Gasteiger partial charge in [0.2, 0.25) is 10.0 Å². The standard InChI is InChI=1S/C13H20FNO3S/c1-9(2)6-10(3)15-19(17,18)13-5-4-11(8-16)7-12(13)14/h4-5,7,9-10,15-16H,6,8H2,1-3H3. The fourth-order valence-corrected chi connectivity index (χ4v) is 3.26. The molecule has 1 aromatic carbocycles. The second kappa shape index (κ2) is 6.45. The van der Waals surface area contributed by atoms with E-state index < -0.39 is 15.8 Å². The molecule has 0 aromatic heterocycles. The zero-order valence-electron chi connectivity index (χ0n) is 11.4. The highest BCUT2D eigenvalue weighted by molar-refractivity contribution is 7.89. The van der Waals surface area contributed by atoms with E-state index in [9.17, 15) is 12.8 Å². The average molecular weight is 289 g/mol. The van der Waals surface area contributed by atoms with Crippen LogP contribution in [0.4, 0.5) is 4.39 Å². The fourth-order valence-electron chi connectivity index (χ4n) is 1.94. The van der Waals surface area contributed by atoms with E-state index in [0.717, 1.165) is 6.07 Å². The Morgan fingerprint density at radius 1 is 1.32 bits per heavy atom. The summed E-state index contributed by atoms with van der Waals surface area (Å²) >= 11 is 0. The first-order chi connectivity index (χ1) is 8.76. The Morgan fingerprint density at radius 3 is 2.42 bits per heavy atom. The molecule has 2 N–H and O–H groups in total. The van der Waals surface area contributed by atoms with E-state index in [0.29, 0.717) is 17.9 Å². The second-order valence-electron chi connectivity index (χ2n) is 5.07. The first-order valence-electron chi connectivity index (χ1n) is 6.18. The van der Waals surface area contributed by atoms with Crippen LogP contribution >= 0.6 is 0 Å². The first kappa shape index (κ1) is 16.1. The minimum absolute atomic E-state index is 0.262. The SMILES string of the molecule is CC(C)CC(C)NS(=O)(=O)c1ccc(CO)cc1F. The van der Waals surface area contributed by atoms with Crippen LogP contribution in [0.5, 0.6) is 0 Å². The molecule has 6 heteroatoms. The Balaban J connectivity index is 2.94. The van der Waals surface area contributed by atoms with Crippen molar-refractivity contribution < 1.29 is 17.9 Å². The smallest absolute Gasteiger partial charge is 0.243 e. The zero-order valence-corrected chi connectivity index (χ0v) is 12.2. The predicted molar refractivity (Wildman–Crippen MR) is 71.6 cm³/mol. The number of sulfonamides is 1. The van der Waals surface area contributed by atoms with Crippen LogP contribution < -0.4 is 4.72 Å². The lowest BCUT2D eigenvalue weighted by Crippen LogP contribution is -2.34. The van der Waals surface area contributed by atoms with Crippen LogP contribution in [0.1, 0.15) is 32.8 Å². The van der Waals surface area contributed by atoms with E-state index in [4.69, 9.17) is 5.11 Å². The molecule has 0 saturated heterocycles. The van der Waals surface area contributed by atoms with E-state index in [1.54, 1.807) is 6.92 Å². The van der Waals surface area contributed by atoms with Crippen LogP contribution in [-0.2, 0) is 16.6 Å². The Kier molecular flexibility index (Phi) is 5.46. The number of benzene rings is 1. The first-order valence-corrected chi connectivity index (χ1v) is 7.66. The van der Waals surface area contributed by atoms with Gasteiger partial charge in [-0.1, -0.05) is 19.9 Å². The van der Waals surface area contributed by atoms with Crippen LogP contribution in [0, 0.1) is 11.7 Å². The number of aliphatic hydroxyl groups excluding tert-OH is 1. The third-order valence-corrected chi connectivity index (χ3v) is 4.27. The lowest BCUT2D eigenvalue weighted by molar-refractivity contribution is 0.281. The molecule has 0 aliphatic carbocycles. The third-order valence-electron chi connectivity index (χ3n) is 2.65. The van der Waals surface area contributed by atoms with Gasteiger partial charge in [0.25, 0.3) is 0 Å². The van der Waals surface area contributed by atoms with Gasteiger partial charge in [-0.25, -0.2) is 17.5 Å². The van der Waals surface area contributed by atoms with Gasteiger partial charge in [-0.2, -0.15) is 0 Å². The normalized spacial score (nSPS) is 13.8. The van der Waals surface area contributed by atoms with Crippen molar-refractivity contribution in [3.8, 4) is 0 Å². The van der Waals surface area contributed by atoms with Gasteiger partial charge in [-0.3, -0.25) is 0 Å². The predicted octanol–water partition coefficient (Wildman–Crippen LogP) is 2.03. The largest absolute Gasteiger partial charge is 0.392 e. The summed E-state index contributed by atoms with van der Waals surface area (Å²) in [5.41, 5.74) is 0.340. The Labute approximate surface area is 113 Å². The molecule has 0 bridgehead atoms. The van der Waals surface area contributed by atoms with E-state index in [-0.39, 0.29) is 17.5 Å². The van der Waals surface area contributed by atoms with Crippen LogP contribution in [0.15, 0.2) is 23.1 Å². The number of hydrogen-bond donors (Lipinski definition) is 2. The number of nitrogens with one attached hydrogen (secondary N) is 1. The lowest BCUT2D eigenvalue weighted by Gasteiger charge is -2.16. The lowest BCUT2D eigenvalue weighted by atomic mass is 10.1. The highest BCUT2D eigenvalue weighted by Crippen LogP contribution is 2.17. The summed E-state index contributed by atoms with van der Waals surface area (Å²) in [7, 11) is -3.87. The summed E-state index contributed by atoms with van der Waals surface area (Å²) in [6.07, 6.45) is 0.676. The topological polar surface area (TPSA) is 66.4 Å². The van der Waals surface area contributed by atoms with Gasteiger partial charge >= 0.3 is 0 Å². The van der Waals surface area contributed by atoms with Gasteiger partial charge in [0.1, 0.15) is 10.7 Å². The van der Waals surface area contributed by atoms with Crippen molar-refractivity contribution in [3.63, 3.8) is 0 Å². The Hall–Kier alpha value is -0.980. The van der Waals surface area contributed by atoms with Crippen molar-refractivity contribution in [3.05, 3.63) is 29.6 Å². The van der Waals surface area contributed by atoms with E-state index in [2.05, 4.69) is 4.72 Å². The maximum atomic E-state index is 13.7. The van der Waals surface area contributed by atoms with Crippen molar-refractivity contribution in [2.75, 3.05) is 0 Å². The molecule has 0 radical (unpaired) electrons. The monoisotopic (exact) mass is 289 g/mol. The van der Waals surface area contributed by atoms with E-state index in [1.165, 1.54) is 12.1 Å². The summed E-state index contributed by atoms with van der Waals surface area (Å²) in [4.78, 5) is -0.389. The summed E-state index contributed by atoms with van der Waals surface area (Å²) in [5, 5.41) is 8.87. The molecular weight excluding hydrogens is 269 g/mol. The van der Waals surface area contributed by atoms with Crippen LogP contribution in [0.25, 0.3) is 0 Å². The minimum atomic E-state index is -3.87. The van der Waals surface area contributed by atoms with Gasteiger partial charge in [0.05, 0.1) is 6.61 Å². The molecule has 0 aliphatic rings. The van der Waals surface area contributed by atoms with Crippen molar-refractivity contribution >= 4 is 10.0 Å². The third kappa shape index (κ3) is 4.56. The van der Waals surface area contributed by atoms with Crippen molar-refractivity contribution in [2.24, 2.45) is 5.92 Å². The summed E-state index contributed by atoms with van der Waals surface area (Å²) in [6, 6.07) is 3.33. The second-order valence-corrected chi connectivity index (χ2v) is 6.76. The van der Waals surface area contributed by atoms with Gasteiger partial charge in [-0.05, 0) is 37.0 Å². The molecule has 0 saturated carbocycles. The molecule has 1 unspecified atom stereocenters. The molecule has 108 valence electrons. The van der Waals surface area contributed by atoms with Crippen molar-refractivity contribution in [1.82, 2.24) is 4.72 Å². The zero-order chi connectivity index (χ0) is 14.6. The molecule has 19 heavy (non-hydrogen) atoms. The minimum Gasteiger partial charge on any atom is -0.392 e. The van der Waals surface area contributed by atoms with Gasteiger partial charge in [0.15, 0.2) is 0 Å². The molecule has 0 aliphatic heterocycles. The summed E-state index contributed by atoms with van der Waals surface area (Å²) in [6.45, 7) is 5.40. The van der Waals surface area contributed by atoms with Crippen molar-refractivity contribution in [1.29, 1.82) is 0 Å². The van der Waals surface area contributed by atoms with Gasteiger partial charge in [0, 0.05) is 6.04 Å². The molecule has 1 aromatic rings. The average Bonchev–Trinajstić information content (AvgIpc) is 2.26. The maximum Gasteiger partial charge on any atom is 0.243 e. The number of halogens is 1. The number of hydrogen-bond acceptors (Lipinski definition) is 3. The molecule has 0 fully saturated rings. The molecule has 4 nitrogen and oxygen atoms in total. The summed E-state index contributed by atoms with van der Waals surface area (Å²) in [5.74, 6) is -0.505. The maximum absolute atomic E-state index is 13.7. The molecule has 0 spiro atoms. The molecule has 1 atom stereocenters. The Bertz CT molecular complexity index is 529. The van der Waals surface area contributed by atoms with Gasteiger partial charge < -0.3 is 5.11 Å². The quantitative estimate of drug-likeness (QED) is 0.842. The molecule has 0 amide bonds. The van der Waals surface area contributed by atoms with E-state index in [1.807, 2.05) is 13.8 Å². The molecule has 1 rings (SSSR count). The van der Waals surface area contributed by atoms with Crippen molar-refractivity contribution in [2.45, 2.75) is 44.7 Å². The van der Waals surface area contributed by atoms with Gasteiger partial charge in [-0.15, -0.1) is 0 Å². The van der Waals surface area contributed by atoms with Crippen LogP contribution in [-0.4, -0.2) is 19.6 Å². The highest BCUT2D eigenvalue weighted by Gasteiger charge is 2.21. The molecule has 0 heterocycles. The van der Waals surface area contributed by atoms with E-state index >= 15 is 0 Å².